The Labute approximate surface area is 234 Å². The van der Waals surface area contributed by atoms with Crippen molar-refractivity contribution < 1.29 is 13.9 Å². The molecule has 0 aliphatic carbocycles. The monoisotopic (exact) mass is 542 g/mol. The number of carbonyl (C=O) groups excluding carboxylic acids is 1. The SMILES string of the molecule is [C-]#[N+]c1c(N2CCC3(CC2)CN(C(=O)C=C)C3)cc(OCCN2CCCC2)c(F)c1-c1c(C)ccc2[nH]ncc12. The van der Waals surface area contributed by atoms with E-state index < -0.39 is 5.82 Å². The van der Waals surface area contributed by atoms with Gasteiger partial charge in [-0.1, -0.05) is 12.6 Å². The number of H-pyrrole nitrogens is 1. The molecule has 3 aliphatic heterocycles. The number of aromatic amines is 1. The molecular formula is C31H35FN6O2. The lowest BCUT2D eigenvalue weighted by Gasteiger charge is -2.54. The molecule has 0 unspecified atom stereocenters. The Bertz CT molecular complexity index is 1490. The van der Waals surface area contributed by atoms with Gasteiger partial charge in [-0.15, -0.1) is 0 Å². The number of likely N-dealkylation sites (tertiary alicyclic amines) is 2. The van der Waals surface area contributed by atoms with Gasteiger partial charge in [0.05, 0.1) is 18.3 Å². The van der Waals surface area contributed by atoms with Crippen LogP contribution in [0.15, 0.2) is 37.1 Å². The molecule has 208 valence electrons. The number of rotatable bonds is 7. The Morgan fingerprint density at radius 3 is 2.67 bits per heavy atom. The average Bonchev–Trinajstić information content (AvgIpc) is 3.65. The Kier molecular flexibility index (Phi) is 6.97. The predicted molar refractivity (Wildman–Crippen MR) is 154 cm³/mol. The summed E-state index contributed by atoms with van der Waals surface area (Å²) in [5, 5.41) is 7.95. The molecule has 3 fully saturated rings. The van der Waals surface area contributed by atoms with Crippen LogP contribution >= 0.6 is 0 Å². The molecule has 3 aromatic rings. The highest BCUT2D eigenvalue weighted by Crippen LogP contribution is 2.50. The van der Waals surface area contributed by atoms with Crippen molar-refractivity contribution in [2.45, 2.75) is 32.6 Å². The highest BCUT2D eigenvalue weighted by atomic mass is 19.1. The molecule has 1 N–H and O–H groups in total. The highest BCUT2D eigenvalue weighted by molar-refractivity contribution is 6.03. The number of aryl methyl sites for hydroxylation is 1. The molecule has 6 rings (SSSR count). The van der Waals surface area contributed by atoms with Crippen LogP contribution in [0.4, 0.5) is 15.8 Å². The van der Waals surface area contributed by atoms with E-state index in [1.54, 1.807) is 12.3 Å². The summed E-state index contributed by atoms with van der Waals surface area (Å²) >= 11 is 0. The summed E-state index contributed by atoms with van der Waals surface area (Å²) in [6, 6.07) is 5.59. The molecule has 1 spiro atoms. The Morgan fingerprint density at radius 2 is 1.98 bits per heavy atom. The van der Waals surface area contributed by atoms with Gasteiger partial charge in [0, 0.05) is 54.8 Å². The van der Waals surface area contributed by atoms with Crippen molar-refractivity contribution in [3.8, 4) is 16.9 Å². The van der Waals surface area contributed by atoms with Gasteiger partial charge in [-0.3, -0.25) is 14.8 Å². The van der Waals surface area contributed by atoms with E-state index in [1.807, 2.05) is 24.0 Å². The summed E-state index contributed by atoms with van der Waals surface area (Å²) in [7, 11) is 0. The molecule has 8 nitrogen and oxygen atoms in total. The molecule has 0 radical (unpaired) electrons. The van der Waals surface area contributed by atoms with E-state index in [0.717, 1.165) is 75.1 Å². The van der Waals surface area contributed by atoms with Gasteiger partial charge >= 0.3 is 0 Å². The average molecular weight is 543 g/mol. The topological polar surface area (TPSA) is 69.1 Å². The second-order valence-corrected chi connectivity index (χ2v) is 11.4. The Morgan fingerprint density at radius 1 is 1.23 bits per heavy atom. The number of aromatic nitrogens is 2. The van der Waals surface area contributed by atoms with Crippen LogP contribution in [0.1, 0.15) is 31.2 Å². The molecule has 1 amide bonds. The molecule has 3 aliphatic rings. The van der Waals surface area contributed by atoms with Gasteiger partial charge in [-0.05, 0) is 75.0 Å². The zero-order valence-electron chi connectivity index (χ0n) is 23.0. The molecular weight excluding hydrogens is 507 g/mol. The Balaban J connectivity index is 1.36. The van der Waals surface area contributed by atoms with Gasteiger partial charge in [-0.25, -0.2) is 9.24 Å². The number of ether oxygens (including phenoxy) is 1. The maximum Gasteiger partial charge on any atom is 0.245 e. The first kappa shape index (κ1) is 26.3. The molecule has 2 aromatic carbocycles. The van der Waals surface area contributed by atoms with E-state index >= 15 is 4.39 Å². The fourth-order valence-corrected chi connectivity index (χ4v) is 6.63. The lowest BCUT2D eigenvalue weighted by Crippen LogP contribution is -2.61. The van der Waals surface area contributed by atoms with Crippen molar-refractivity contribution in [3.63, 3.8) is 0 Å². The summed E-state index contributed by atoms with van der Waals surface area (Å²) < 4.78 is 22.6. The highest BCUT2D eigenvalue weighted by Gasteiger charge is 2.46. The number of fused-ring (bicyclic) bond motifs is 1. The molecule has 0 atom stereocenters. The van der Waals surface area contributed by atoms with E-state index in [1.165, 1.54) is 18.9 Å². The van der Waals surface area contributed by atoms with Crippen LogP contribution in [0, 0.1) is 24.7 Å². The lowest BCUT2D eigenvalue weighted by atomic mass is 9.72. The molecule has 1 aromatic heterocycles. The van der Waals surface area contributed by atoms with Gasteiger partial charge in [0.15, 0.2) is 11.6 Å². The molecule has 4 heterocycles. The summed E-state index contributed by atoms with van der Waals surface area (Å²) in [4.78, 5) is 22.3. The second kappa shape index (κ2) is 10.6. The molecule has 0 bridgehead atoms. The molecule has 3 saturated heterocycles. The van der Waals surface area contributed by atoms with Crippen LogP contribution in [0.5, 0.6) is 5.75 Å². The van der Waals surface area contributed by atoms with Crippen molar-refractivity contribution in [1.29, 1.82) is 0 Å². The molecule has 9 heteroatoms. The number of amides is 1. The van der Waals surface area contributed by atoms with Crippen molar-refractivity contribution in [3.05, 3.63) is 59.8 Å². The third-order valence-electron chi connectivity index (χ3n) is 8.94. The van der Waals surface area contributed by atoms with Crippen LogP contribution in [0.3, 0.4) is 0 Å². The van der Waals surface area contributed by atoms with Crippen molar-refractivity contribution in [1.82, 2.24) is 20.0 Å². The van der Waals surface area contributed by atoms with Crippen molar-refractivity contribution in [2.75, 3.05) is 57.3 Å². The van der Waals surface area contributed by atoms with Gasteiger partial charge in [-0.2, -0.15) is 5.10 Å². The fourth-order valence-electron chi connectivity index (χ4n) is 6.63. The van der Waals surface area contributed by atoms with E-state index in [9.17, 15) is 4.79 Å². The number of nitrogens with one attached hydrogen (secondary N) is 1. The number of halogens is 1. The Hall–Kier alpha value is -3.90. The second-order valence-electron chi connectivity index (χ2n) is 11.4. The number of anilines is 1. The first-order valence-corrected chi connectivity index (χ1v) is 14.1. The summed E-state index contributed by atoms with van der Waals surface area (Å²) in [5.41, 5.74) is 3.72. The van der Waals surface area contributed by atoms with Crippen LogP contribution in [0.2, 0.25) is 0 Å². The zero-order chi connectivity index (χ0) is 27.9. The summed E-state index contributed by atoms with van der Waals surface area (Å²) in [5.74, 6) is -0.340. The smallest absolute Gasteiger partial charge is 0.245 e. The largest absolute Gasteiger partial charge is 0.489 e. The van der Waals surface area contributed by atoms with Crippen LogP contribution in [-0.2, 0) is 4.79 Å². The van der Waals surface area contributed by atoms with Gasteiger partial charge < -0.3 is 14.5 Å². The number of nitrogens with zero attached hydrogens (tertiary/aromatic N) is 5. The van der Waals surface area contributed by atoms with Crippen molar-refractivity contribution in [2.24, 2.45) is 5.41 Å². The molecule has 0 saturated carbocycles. The maximum atomic E-state index is 16.4. The van der Waals surface area contributed by atoms with Gasteiger partial charge in [0.2, 0.25) is 11.6 Å². The molecule has 40 heavy (non-hydrogen) atoms. The summed E-state index contributed by atoms with van der Waals surface area (Å²) in [6.45, 7) is 19.9. The van der Waals surface area contributed by atoms with E-state index in [-0.39, 0.29) is 22.6 Å². The zero-order valence-corrected chi connectivity index (χ0v) is 23.0. The standard InChI is InChI=1S/C31H35FN6O2/c1-4-26(39)38-19-31(20-38)9-13-37(14-10-31)24-17-25(40-16-15-36-11-5-6-12-36)29(32)28(30(24)33-3)27-21(2)7-8-23-22(27)18-34-35-23/h4,7-8,17-18H,1,5-6,9-16,19-20H2,2H3,(H,34,35). The quantitative estimate of drug-likeness (QED) is 0.323. The maximum absolute atomic E-state index is 16.4. The first-order valence-electron chi connectivity index (χ1n) is 14.1. The van der Waals surface area contributed by atoms with Crippen LogP contribution in [-0.4, -0.2) is 78.3 Å². The summed E-state index contributed by atoms with van der Waals surface area (Å²) in [6.07, 6.45) is 7.25. The minimum atomic E-state index is -0.501. The number of hydrogen-bond donors (Lipinski definition) is 1. The van der Waals surface area contributed by atoms with Crippen molar-refractivity contribution >= 4 is 28.2 Å². The normalized spacial score (nSPS) is 18.6. The minimum absolute atomic E-state index is 0.0222. The number of piperidine rings is 1. The van der Waals surface area contributed by atoms with Crippen LogP contribution in [0.25, 0.3) is 26.9 Å². The predicted octanol–water partition coefficient (Wildman–Crippen LogP) is 5.32. The lowest BCUT2D eigenvalue weighted by molar-refractivity contribution is -0.139. The number of hydrogen-bond acceptors (Lipinski definition) is 5. The van der Waals surface area contributed by atoms with E-state index in [2.05, 4.69) is 31.4 Å². The van der Waals surface area contributed by atoms with Gasteiger partial charge in [0.1, 0.15) is 6.61 Å². The van der Waals surface area contributed by atoms with E-state index in [0.29, 0.717) is 23.5 Å². The van der Waals surface area contributed by atoms with Crippen LogP contribution < -0.4 is 9.64 Å². The number of benzene rings is 2. The third-order valence-corrected chi connectivity index (χ3v) is 8.94. The first-order chi connectivity index (χ1) is 19.4. The number of carbonyl (C=O) groups is 1. The van der Waals surface area contributed by atoms with Gasteiger partial charge in [0.25, 0.3) is 0 Å². The minimum Gasteiger partial charge on any atom is -0.489 e. The van der Waals surface area contributed by atoms with E-state index in [4.69, 9.17) is 11.3 Å². The third kappa shape index (κ3) is 4.60. The fraction of sp³-hybridized carbons (Fsp3) is 0.452.